The van der Waals surface area contributed by atoms with Crippen molar-refractivity contribution in [1.82, 2.24) is 9.55 Å². The fourth-order valence-electron chi connectivity index (χ4n) is 4.31. The summed E-state index contributed by atoms with van der Waals surface area (Å²) in [6, 6.07) is 10.4. The van der Waals surface area contributed by atoms with Gasteiger partial charge in [-0.2, -0.15) is 8.42 Å². The Balaban J connectivity index is 2.06. The van der Waals surface area contributed by atoms with Crippen molar-refractivity contribution in [3.05, 3.63) is 69.5 Å². The van der Waals surface area contributed by atoms with E-state index in [2.05, 4.69) is 4.98 Å². The summed E-state index contributed by atoms with van der Waals surface area (Å²) < 4.78 is 42.6. The summed E-state index contributed by atoms with van der Waals surface area (Å²) in [7, 11) is -1.14. The van der Waals surface area contributed by atoms with Crippen molar-refractivity contribution in [2.45, 2.75) is 26.0 Å². The number of fused-ring (bicyclic) bond motifs is 3. The molecule has 1 aliphatic rings. The second-order valence-corrected chi connectivity index (χ2v) is 9.85. The maximum Gasteiger partial charge on any atom is 0.358 e. The third-order valence-corrected chi connectivity index (χ3v) is 6.48. The molecule has 0 saturated carbocycles. The van der Waals surface area contributed by atoms with E-state index in [1.807, 2.05) is 23.6 Å². The van der Waals surface area contributed by atoms with Gasteiger partial charge in [0.1, 0.15) is 17.7 Å². The number of benzene rings is 2. The van der Waals surface area contributed by atoms with Crippen molar-refractivity contribution >= 4 is 27.7 Å². The minimum Gasteiger partial charge on any atom is -0.496 e. The molecule has 174 valence electrons. The minimum absolute atomic E-state index is 0.0288. The van der Waals surface area contributed by atoms with Gasteiger partial charge in [-0.15, -0.1) is 0 Å². The van der Waals surface area contributed by atoms with Crippen LogP contribution in [0.15, 0.2) is 36.4 Å². The summed E-state index contributed by atoms with van der Waals surface area (Å²) in [4.78, 5) is 17.4. The van der Waals surface area contributed by atoms with E-state index in [1.54, 1.807) is 38.3 Å². The van der Waals surface area contributed by atoms with Crippen LogP contribution in [0.2, 0.25) is 5.02 Å². The molecule has 2 aromatic carbocycles. The van der Waals surface area contributed by atoms with Crippen molar-refractivity contribution in [1.29, 1.82) is 0 Å². The second kappa shape index (κ2) is 8.48. The lowest BCUT2D eigenvalue weighted by Gasteiger charge is -2.23. The first kappa shape index (κ1) is 23.3. The van der Waals surface area contributed by atoms with Gasteiger partial charge in [0.15, 0.2) is 5.69 Å². The first-order valence-electron chi connectivity index (χ1n) is 10.1. The molecule has 0 spiro atoms. The number of aryl methyl sites for hydroxylation is 1. The highest BCUT2D eigenvalue weighted by Crippen LogP contribution is 2.48. The normalized spacial score (nSPS) is 15.6. The summed E-state index contributed by atoms with van der Waals surface area (Å²) in [6.07, 6.45) is -0.193. The van der Waals surface area contributed by atoms with Crippen LogP contribution in [0.3, 0.4) is 0 Å². The van der Waals surface area contributed by atoms with Crippen LogP contribution in [0.4, 0.5) is 0 Å². The van der Waals surface area contributed by atoms with Crippen LogP contribution >= 0.6 is 11.6 Å². The van der Waals surface area contributed by atoms with E-state index in [-0.39, 0.29) is 17.4 Å². The molecule has 0 radical (unpaired) electrons. The van der Waals surface area contributed by atoms with E-state index >= 15 is 0 Å². The number of halogens is 1. The average molecular weight is 491 g/mol. The van der Waals surface area contributed by atoms with Gasteiger partial charge in [-0.3, -0.25) is 4.18 Å². The zero-order chi connectivity index (χ0) is 24.1. The lowest BCUT2D eigenvalue weighted by Crippen LogP contribution is -2.21. The molecule has 3 aromatic rings. The molecule has 1 aliphatic heterocycles. The summed E-state index contributed by atoms with van der Waals surface area (Å²) in [5.74, 6) is 0.359. The van der Waals surface area contributed by atoms with E-state index in [1.165, 1.54) is 7.11 Å². The first-order chi connectivity index (χ1) is 15.6. The monoisotopic (exact) mass is 490 g/mol. The predicted molar refractivity (Wildman–Crippen MR) is 123 cm³/mol. The maximum absolute atomic E-state index is 12.8. The number of methoxy groups -OCH3 is 2. The summed E-state index contributed by atoms with van der Waals surface area (Å²) in [5, 5.41) is 0.492. The molecule has 10 heteroatoms. The summed E-state index contributed by atoms with van der Waals surface area (Å²) >= 11 is 6.13. The summed E-state index contributed by atoms with van der Waals surface area (Å²) in [6.45, 7) is 3.73. The van der Waals surface area contributed by atoms with Gasteiger partial charge in [-0.05, 0) is 48.7 Å². The standard InChI is InChI=1S/C23H23ClN2O6S/c1-12-11-14(24)9-10-15(12)21(32-33(5,28)29)20-19(23(27)31-4)25-22-18-16(13(2)26(20)22)7-6-8-17(18)30-3/h6-11,13,21H,1-5H3. The molecule has 4 rings (SSSR count). The molecular formula is C23H23ClN2O6S. The average Bonchev–Trinajstić information content (AvgIpc) is 3.27. The number of esters is 1. The van der Waals surface area contributed by atoms with Gasteiger partial charge in [0.2, 0.25) is 0 Å². The molecule has 2 unspecified atom stereocenters. The van der Waals surface area contributed by atoms with Crippen molar-refractivity contribution < 1.29 is 26.9 Å². The van der Waals surface area contributed by atoms with Gasteiger partial charge in [-0.25, -0.2) is 9.78 Å². The summed E-state index contributed by atoms with van der Waals surface area (Å²) in [5.41, 5.74) is 3.14. The molecule has 0 N–H and O–H groups in total. The van der Waals surface area contributed by atoms with Crippen LogP contribution in [0.5, 0.6) is 5.75 Å². The minimum atomic E-state index is -3.94. The van der Waals surface area contributed by atoms with E-state index in [9.17, 15) is 13.2 Å². The van der Waals surface area contributed by atoms with Crippen LogP contribution in [0, 0.1) is 6.92 Å². The maximum atomic E-state index is 12.8. The first-order valence-corrected chi connectivity index (χ1v) is 12.3. The fraction of sp³-hybridized carbons (Fsp3) is 0.304. The number of hydrogen-bond acceptors (Lipinski definition) is 7. The topological polar surface area (TPSA) is 96.7 Å². The van der Waals surface area contributed by atoms with Crippen LogP contribution in [-0.2, 0) is 19.0 Å². The lowest BCUT2D eigenvalue weighted by molar-refractivity contribution is 0.0589. The molecule has 0 saturated heterocycles. The number of aromatic nitrogens is 2. The molecular weight excluding hydrogens is 468 g/mol. The highest BCUT2D eigenvalue weighted by atomic mass is 35.5. The number of nitrogens with zero attached hydrogens (tertiary/aromatic N) is 2. The van der Waals surface area contributed by atoms with E-state index in [0.717, 1.165) is 17.4 Å². The Bertz CT molecular complexity index is 1370. The Morgan fingerprint density at radius 1 is 1.21 bits per heavy atom. The predicted octanol–water partition coefficient (Wildman–Crippen LogP) is 4.30. The van der Waals surface area contributed by atoms with Gasteiger partial charge in [0.05, 0.1) is 37.8 Å². The number of carbonyl (C=O) groups is 1. The zero-order valence-corrected chi connectivity index (χ0v) is 20.3. The van der Waals surface area contributed by atoms with E-state index < -0.39 is 22.2 Å². The molecule has 0 fully saturated rings. The molecule has 2 heterocycles. The molecule has 8 nitrogen and oxygen atoms in total. The van der Waals surface area contributed by atoms with Crippen molar-refractivity contribution in [2.24, 2.45) is 0 Å². The van der Waals surface area contributed by atoms with Crippen molar-refractivity contribution in [2.75, 3.05) is 20.5 Å². The SMILES string of the molecule is COC(=O)c1nc2n(c1C(OS(C)(=O)=O)c1ccc(Cl)cc1C)C(C)c1cccc(OC)c1-2. The molecule has 1 aromatic heterocycles. The number of ether oxygens (including phenoxy) is 2. The van der Waals surface area contributed by atoms with Gasteiger partial charge in [-0.1, -0.05) is 29.8 Å². The smallest absolute Gasteiger partial charge is 0.358 e. The lowest BCUT2D eigenvalue weighted by atomic mass is 9.99. The number of carbonyl (C=O) groups excluding carboxylic acids is 1. The Labute approximate surface area is 197 Å². The quantitative estimate of drug-likeness (QED) is 0.375. The molecule has 33 heavy (non-hydrogen) atoms. The third-order valence-electron chi connectivity index (χ3n) is 5.70. The van der Waals surface area contributed by atoms with Gasteiger partial charge in [0, 0.05) is 5.02 Å². The largest absolute Gasteiger partial charge is 0.496 e. The van der Waals surface area contributed by atoms with Gasteiger partial charge < -0.3 is 14.0 Å². The molecule has 0 bridgehead atoms. The van der Waals surface area contributed by atoms with Crippen LogP contribution < -0.4 is 4.74 Å². The highest BCUT2D eigenvalue weighted by molar-refractivity contribution is 7.86. The fourth-order valence-corrected chi connectivity index (χ4v) is 5.08. The Morgan fingerprint density at radius 3 is 2.55 bits per heavy atom. The molecule has 0 amide bonds. The van der Waals surface area contributed by atoms with Gasteiger partial charge in [0.25, 0.3) is 10.1 Å². The molecule has 0 aliphatic carbocycles. The van der Waals surface area contributed by atoms with Crippen LogP contribution in [-0.4, -0.2) is 44.4 Å². The Kier molecular flexibility index (Phi) is 5.98. The Hall–Kier alpha value is -2.88. The third kappa shape index (κ3) is 4.01. The second-order valence-electron chi connectivity index (χ2n) is 7.81. The van der Waals surface area contributed by atoms with Gasteiger partial charge >= 0.3 is 5.97 Å². The number of hydrogen-bond donors (Lipinski definition) is 0. The van der Waals surface area contributed by atoms with Crippen LogP contribution in [0.1, 0.15) is 51.9 Å². The van der Waals surface area contributed by atoms with Crippen LogP contribution in [0.25, 0.3) is 11.4 Å². The van der Waals surface area contributed by atoms with E-state index in [0.29, 0.717) is 27.7 Å². The highest BCUT2D eigenvalue weighted by Gasteiger charge is 2.40. The number of rotatable bonds is 6. The number of imidazole rings is 1. The van der Waals surface area contributed by atoms with E-state index in [4.69, 9.17) is 25.3 Å². The molecule has 2 atom stereocenters. The Morgan fingerprint density at radius 2 is 1.94 bits per heavy atom. The van der Waals surface area contributed by atoms with Crippen molar-refractivity contribution in [3.8, 4) is 17.1 Å². The van der Waals surface area contributed by atoms with Crippen molar-refractivity contribution in [3.63, 3.8) is 0 Å². The zero-order valence-electron chi connectivity index (χ0n) is 18.7.